The minimum atomic E-state index is -1.02. The van der Waals surface area contributed by atoms with Gasteiger partial charge in [-0.15, -0.1) is 5.10 Å². The average molecular weight is 316 g/mol. The van der Waals surface area contributed by atoms with E-state index in [0.717, 1.165) is 0 Å². The number of hydrogen-bond donors (Lipinski definition) is 1. The minimum Gasteiger partial charge on any atom is -0.480 e. The summed E-state index contributed by atoms with van der Waals surface area (Å²) in [5.74, 6) is -1.36. The van der Waals surface area contributed by atoms with Crippen molar-refractivity contribution in [3.63, 3.8) is 0 Å². The summed E-state index contributed by atoms with van der Waals surface area (Å²) in [5, 5.41) is 16.9. The largest absolute Gasteiger partial charge is 0.480 e. The first-order valence-corrected chi connectivity index (χ1v) is 7.13. The van der Waals surface area contributed by atoms with Crippen molar-refractivity contribution < 1.29 is 19.4 Å². The SMILES string of the molecule is COC1CC(C(=O)O)N(C(=O)c2cccc(-n3ccnn3)c2)C1. The predicted octanol–water partition coefficient (Wildman–Crippen LogP) is 0.581. The van der Waals surface area contributed by atoms with E-state index in [4.69, 9.17) is 4.74 Å². The second-order valence-corrected chi connectivity index (χ2v) is 5.30. The van der Waals surface area contributed by atoms with Gasteiger partial charge in [0, 0.05) is 25.6 Å². The number of aliphatic carboxylic acids is 1. The number of hydrogen-bond acceptors (Lipinski definition) is 5. The first-order valence-electron chi connectivity index (χ1n) is 7.13. The number of ether oxygens (including phenoxy) is 1. The van der Waals surface area contributed by atoms with E-state index in [1.165, 1.54) is 16.7 Å². The van der Waals surface area contributed by atoms with Crippen LogP contribution in [-0.4, -0.2) is 62.7 Å². The Hall–Kier alpha value is -2.74. The van der Waals surface area contributed by atoms with E-state index in [2.05, 4.69) is 10.3 Å². The Kier molecular flexibility index (Phi) is 4.07. The number of carboxylic acid groups (broad SMARTS) is 1. The van der Waals surface area contributed by atoms with Crippen molar-refractivity contribution in [2.24, 2.45) is 0 Å². The highest BCUT2D eigenvalue weighted by Gasteiger charge is 2.40. The van der Waals surface area contributed by atoms with Crippen molar-refractivity contribution in [1.29, 1.82) is 0 Å². The summed E-state index contributed by atoms with van der Waals surface area (Å²) in [4.78, 5) is 25.4. The Morgan fingerprint density at radius 3 is 2.87 bits per heavy atom. The maximum absolute atomic E-state index is 12.7. The van der Waals surface area contributed by atoms with Gasteiger partial charge >= 0.3 is 5.97 Å². The molecule has 0 bridgehead atoms. The highest BCUT2D eigenvalue weighted by molar-refractivity contribution is 5.97. The number of nitrogens with zero attached hydrogens (tertiary/aromatic N) is 4. The van der Waals surface area contributed by atoms with Crippen LogP contribution in [0.25, 0.3) is 5.69 Å². The topological polar surface area (TPSA) is 97.6 Å². The molecule has 3 rings (SSSR count). The average Bonchev–Trinajstić information content (AvgIpc) is 3.23. The molecule has 1 amide bonds. The lowest BCUT2D eigenvalue weighted by molar-refractivity contribution is -0.141. The van der Waals surface area contributed by atoms with Gasteiger partial charge in [0.2, 0.25) is 0 Å². The zero-order valence-corrected chi connectivity index (χ0v) is 12.5. The standard InChI is InChI=1S/C15H16N4O4/c1-23-12-8-13(15(21)22)18(9-12)14(20)10-3-2-4-11(7-10)19-6-5-16-17-19/h2-7,12-13H,8-9H2,1H3,(H,21,22). The molecule has 1 aromatic heterocycles. The Bertz CT molecular complexity index is 716. The number of carbonyl (C=O) groups excluding carboxylic acids is 1. The molecule has 2 unspecified atom stereocenters. The summed E-state index contributed by atoms with van der Waals surface area (Å²) in [6, 6.07) is 5.96. The molecule has 0 radical (unpaired) electrons. The number of carbonyl (C=O) groups is 2. The molecule has 0 aliphatic carbocycles. The van der Waals surface area contributed by atoms with Gasteiger partial charge in [-0.05, 0) is 18.2 Å². The molecule has 1 saturated heterocycles. The normalized spacial score (nSPS) is 20.7. The van der Waals surface area contributed by atoms with Gasteiger partial charge in [0.25, 0.3) is 5.91 Å². The molecule has 8 nitrogen and oxygen atoms in total. The first-order chi connectivity index (χ1) is 11.1. The molecule has 120 valence electrons. The van der Waals surface area contributed by atoms with E-state index < -0.39 is 12.0 Å². The lowest BCUT2D eigenvalue weighted by atomic mass is 10.1. The van der Waals surface area contributed by atoms with E-state index in [-0.39, 0.29) is 18.6 Å². The van der Waals surface area contributed by atoms with Crippen molar-refractivity contribution in [1.82, 2.24) is 19.9 Å². The number of rotatable bonds is 4. The number of amides is 1. The third-order valence-corrected chi connectivity index (χ3v) is 3.92. The molecule has 23 heavy (non-hydrogen) atoms. The second kappa shape index (κ2) is 6.17. The highest BCUT2D eigenvalue weighted by atomic mass is 16.5. The zero-order chi connectivity index (χ0) is 16.4. The van der Waals surface area contributed by atoms with E-state index in [0.29, 0.717) is 17.7 Å². The van der Waals surface area contributed by atoms with Gasteiger partial charge in [0.05, 0.1) is 24.2 Å². The Morgan fingerprint density at radius 1 is 1.39 bits per heavy atom. The minimum absolute atomic E-state index is 0.264. The molecule has 1 N–H and O–H groups in total. The Morgan fingerprint density at radius 2 is 2.22 bits per heavy atom. The maximum Gasteiger partial charge on any atom is 0.326 e. The first kappa shape index (κ1) is 15.2. The number of benzene rings is 1. The van der Waals surface area contributed by atoms with Gasteiger partial charge in [0.15, 0.2) is 0 Å². The van der Waals surface area contributed by atoms with Crippen LogP contribution in [0.15, 0.2) is 36.7 Å². The molecule has 0 spiro atoms. The van der Waals surface area contributed by atoms with Crippen LogP contribution in [0.2, 0.25) is 0 Å². The molecule has 8 heteroatoms. The summed E-state index contributed by atoms with van der Waals surface area (Å²) in [5.41, 5.74) is 1.09. The van der Waals surface area contributed by atoms with Crippen LogP contribution < -0.4 is 0 Å². The smallest absolute Gasteiger partial charge is 0.326 e. The Balaban J connectivity index is 1.88. The van der Waals surface area contributed by atoms with E-state index in [1.54, 1.807) is 36.7 Å². The fourth-order valence-electron chi connectivity index (χ4n) is 2.72. The molecule has 2 heterocycles. The summed E-state index contributed by atoms with van der Waals surface area (Å²) in [6.45, 7) is 0.264. The molecule has 1 aliphatic heterocycles. The number of carboxylic acids is 1. The van der Waals surface area contributed by atoms with Crippen LogP contribution in [0.3, 0.4) is 0 Å². The van der Waals surface area contributed by atoms with Gasteiger partial charge in [-0.1, -0.05) is 11.3 Å². The van der Waals surface area contributed by atoms with Gasteiger partial charge in [0.1, 0.15) is 6.04 Å². The highest BCUT2D eigenvalue weighted by Crippen LogP contribution is 2.23. The summed E-state index contributed by atoms with van der Waals surface area (Å²) in [6.07, 6.45) is 3.23. The molecular formula is C15H16N4O4. The summed E-state index contributed by atoms with van der Waals surface area (Å²) < 4.78 is 6.75. The second-order valence-electron chi connectivity index (χ2n) is 5.30. The molecule has 2 atom stereocenters. The lowest BCUT2D eigenvalue weighted by Gasteiger charge is -2.21. The monoisotopic (exact) mass is 316 g/mol. The van der Waals surface area contributed by atoms with Crippen LogP contribution in [0.5, 0.6) is 0 Å². The van der Waals surface area contributed by atoms with Gasteiger partial charge in [-0.25, -0.2) is 9.48 Å². The van der Waals surface area contributed by atoms with Crippen molar-refractivity contribution in [2.45, 2.75) is 18.6 Å². The maximum atomic E-state index is 12.7. The van der Waals surface area contributed by atoms with Crippen molar-refractivity contribution in [3.05, 3.63) is 42.2 Å². The van der Waals surface area contributed by atoms with Gasteiger partial charge < -0.3 is 14.7 Å². The van der Waals surface area contributed by atoms with Crippen LogP contribution in [0.4, 0.5) is 0 Å². The summed E-state index contributed by atoms with van der Waals surface area (Å²) in [7, 11) is 1.52. The number of aromatic nitrogens is 3. The lowest BCUT2D eigenvalue weighted by Crippen LogP contribution is -2.40. The zero-order valence-electron chi connectivity index (χ0n) is 12.5. The summed E-state index contributed by atoms with van der Waals surface area (Å²) >= 11 is 0. The molecule has 2 aromatic rings. The number of methoxy groups -OCH3 is 1. The van der Waals surface area contributed by atoms with Gasteiger partial charge in [-0.3, -0.25) is 4.79 Å². The van der Waals surface area contributed by atoms with Crippen molar-refractivity contribution >= 4 is 11.9 Å². The molecule has 1 fully saturated rings. The Labute approximate surface area is 132 Å². The van der Waals surface area contributed by atoms with E-state index >= 15 is 0 Å². The van der Waals surface area contributed by atoms with E-state index in [1.807, 2.05) is 0 Å². The van der Waals surface area contributed by atoms with Crippen LogP contribution in [-0.2, 0) is 9.53 Å². The molecule has 0 saturated carbocycles. The van der Waals surface area contributed by atoms with Crippen LogP contribution in [0.1, 0.15) is 16.8 Å². The fourth-order valence-corrected chi connectivity index (χ4v) is 2.72. The third kappa shape index (κ3) is 2.93. The molecule has 1 aromatic carbocycles. The predicted molar refractivity (Wildman–Crippen MR) is 79.2 cm³/mol. The third-order valence-electron chi connectivity index (χ3n) is 3.92. The van der Waals surface area contributed by atoms with Crippen LogP contribution >= 0.6 is 0 Å². The quantitative estimate of drug-likeness (QED) is 0.886. The fraction of sp³-hybridized carbons (Fsp3) is 0.333. The van der Waals surface area contributed by atoms with Crippen LogP contribution in [0, 0.1) is 0 Å². The van der Waals surface area contributed by atoms with Gasteiger partial charge in [-0.2, -0.15) is 0 Å². The van der Waals surface area contributed by atoms with Crippen molar-refractivity contribution in [2.75, 3.05) is 13.7 Å². The van der Waals surface area contributed by atoms with E-state index in [9.17, 15) is 14.7 Å². The van der Waals surface area contributed by atoms with Crippen molar-refractivity contribution in [3.8, 4) is 5.69 Å². The molecular weight excluding hydrogens is 300 g/mol. The number of likely N-dealkylation sites (tertiary alicyclic amines) is 1. The molecule has 1 aliphatic rings.